The first-order valence-corrected chi connectivity index (χ1v) is 10.1. The summed E-state index contributed by atoms with van der Waals surface area (Å²) in [4.78, 5) is 27.3. The molecule has 0 atom stereocenters. The van der Waals surface area contributed by atoms with Crippen LogP contribution in [-0.2, 0) is 11.3 Å². The number of hydrogen-bond donors (Lipinski definition) is 3. The lowest BCUT2D eigenvalue weighted by molar-refractivity contribution is -0.116. The van der Waals surface area contributed by atoms with Crippen LogP contribution in [0.5, 0.6) is 0 Å². The van der Waals surface area contributed by atoms with Gasteiger partial charge < -0.3 is 21.2 Å². The van der Waals surface area contributed by atoms with Gasteiger partial charge in [-0.15, -0.1) is 0 Å². The minimum absolute atomic E-state index is 0.205. The van der Waals surface area contributed by atoms with Crippen molar-refractivity contribution in [1.29, 1.82) is 0 Å². The topological polar surface area (TPSA) is 124 Å². The molecule has 32 heavy (non-hydrogen) atoms. The fraction of sp³-hybridized carbons (Fsp3) is 0.0417. The van der Waals surface area contributed by atoms with E-state index in [-0.39, 0.29) is 12.5 Å². The molecule has 0 bridgehead atoms. The summed E-state index contributed by atoms with van der Waals surface area (Å²) >= 11 is 6.42. The second-order valence-corrected chi connectivity index (χ2v) is 7.51. The highest BCUT2D eigenvalue weighted by atomic mass is 35.5. The molecule has 0 aliphatic carbocycles. The molecule has 0 aliphatic rings. The SMILES string of the molecule is NC(=O)c1ccc(-c2cc(Cl)c3oc(CNC(=O)/C=C/c4ccc(N)nc4)cc3c2)cc1. The Hall–Kier alpha value is -4.10. The summed E-state index contributed by atoms with van der Waals surface area (Å²) in [6.45, 7) is 0.205. The molecule has 4 aromatic rings. The van der Waals surface area contributed by atoms with Gasteiger partial charge in [-0.2, -0.15) is 0 Å². The maximum absolute atomic E-state index is 12.1. The highest BCUT2D eigenvalue weighted by molar-refractivity contribution is 6.35. The molecule has 0 fully saturated rings. The van der Waals surface area contributed by atoms with Gasteiger partial charge in [-0.1, -0.05) is 23.7 Å². The third-order valence-corrected chi connectivity index (χ3v) is 5.08. The summed E-state index contributed by atoms with van der Waals surface area (Å²) in [7, 11) is 0. The molecule has 7 nitrogen and oxygen atoms in total. The van der Waals surface area contributed by atoms with Crippen LogP contribution in [0.25, 0.3) is 28.2 Å². The molecule has 2 aromatic carbocycles. The lowest BCUT2D eigenvalue weighted by atomic mass is 10.0. The second-order valence-electron chi connectivity index (χ2n) is 7.10. The molecule has 0 radical (unpaired) electrons. The van der Waals surface area contributed by atoms with Crippen molar-refractivity contribution in [3.05, 3.63) is 88.8 Å². The number of furan rings is 1. The summed E-state index contributed by atoms with van der Waals surface area (Å²) in [5.41, 5.74) is 14.3. The van der Waals surface area contributed by atoms with Gasteiger partial charge in [-0.25, -0.2) is 4.98 Å². The van der Waals surface area contributed by atoms with E-state index in [2.05, 4.69) is 10.3 Å². The number of benzene rings is 2. The summed E-state index contributed by atoms with van der Waals surface area (Å²) in [5, 5.41) is 4.03. The van der Waals surface area contributed by atoms with Crippen LogP contribution in [0.15, 0.2) is 71.3 Å². The minimum atomic E-state index is -0.480. The van der Waals surface area contributed by atoms with E-state index in [1.54, 1.807) is 42.6 Å². The third-order valence-electron chi connectivity index (χ3n) is 4.80. The zero-order valence-corrected chi connectivity index (χ0v) is 17.6. The third kappa shape index (κ3) is 4.79. The number of anilines is 1. The largest absolute Gasteiger partial charge is 0.458 e. The van der Waals surface area contributed by atoms with Crippen molar-refractivity contribution in [2.24, 2.45) is 5.73 Å². The Morgan fingerprint density at radius 3 is 2.53 bits per heavy atom. The normalized spacial score (nSPS) is 11.2. The van der Waals surface area contributed by atoms with Gasteiger partial charge in [0.25, 0.3) is 0 Å². The van der Waals surface area contributed by atoms with Crippen molar-refractivity contribution >= 4 is 46.3 Å². The fourth-order valence-corrected chi connectivity index (χ4v) is 3.43. The summed E-state index contributed by atoms with van der Waals surface area (Å²) in [5.74, 6) is 0.232. The van der Waals surface area contributed by atoms with Gasteiger partial charge in [0, 0.05) is 23.2 Å². The lowest BCUT2D eigenvalue weighted by Gasteiger charge is -2.04. The van der Waals surface area contributed by atoms with Crippen LogP contribution in [0.4, 0.5) is 5.82 Å². The fourth-order valence-electron chi connectivity index (χ4n) is 3.16. The number of aromatic nitrogens is 1. The molecule has 0 unspecified atom stereocenters. The smallest absolute Gasteiger partial charge is 0.248 e. The molecule has 160 valence electrons. The molecule has 8 heteroatoms. The van der Waals surface area contributed by atoms with E-state index in [1.807, 2.05) is 24.3 Å². The maximum Gasteiger partial charge on any atom is 0.248 e. The number of halogens is 1. The first kappa shape index (κ1) is 21.1. The number of rotatable bonds is 6. The second kappa shape index (κ2) is 8.95. The number of hydrogen-bond acceptors (Lipinski definition) is 5. The van der Waals surface area contributed by atoms with Crippen molar-refractivity contribution in [1.82, 2.24) is 10.3 Å². The van der Waals surface area contributed by atoms with Crippen molar-refractivity contribution in [2.75, 3.05) is 5.73 Å². The van der Waals surface area contributed by atoms with Crippen LogP contribution in [0.1, 0.15) is 21.7 Å². The number of fused-ring (bicyclic) bond motifs is 1. The minimum Gasteiger partial charge on any atom is -0.458 e. The van der Waals surface area contributed by atoms with Gasteiger partial charge in [0.2, 0.25) is 11.8 Å². The van der Waals surface area contributed by atoms with Gasteiger partial charge in [-0.3, -0.25) is 9.59 Å². The highest BCUT2D eigenvalue weighted by Crippen LogP contribution is 2.33. The zero-order valence-electron chi connectivity index (χ0n) is 16.8. The molecule has 2 heterocycles. The Morgan fingerprint density at radius 1 is 1.06 bits per heavy atom. The molecule has 0 saturated carbocycles. The summed E-state index contributed by atoms with van der Waals surface area (Å²) < 4.78 is 5.81. The first-order chi connectivity index (χ1) is 15.4. The Balaban J connectivity index is 1.47. The van der Waals surface area contributed by atoms with Crippen LogP contribution < -0.4 is 16.8 Å². The van der Waals surface area contributed by atoms with Crippen LogP contribution in [0.2, 0.25) is 5.02 Å². The number of primary amides is 1. The van der Waals surface area contributed by atoms with E-state index in [9.17, 15) is 9.59 Å². The van der Waals surface area contributed by atoms with Gasteiger partial charge in [0.15, 0.2) is 5.58 Å². The van der Waals surface area contributed by atoms with E-state index in [0.717, 1.165) is 22.1 Å². The molecule has 2 aromatic heterocycles. The van der Waals surface area contributed by atoms with E-state index in [4.69, 9.17) is 27.5 Å². The van der Waals surface area contributed by atoms with Crippen molar-refractivity contribution in [3.63, 3.8) is 0 Å². The highest BCUT2D eigenvalue weighted by Gasteiger charge is 2.11. The average molecular weight is 447 g/mol. The van der Waals surface area contributed by atoms with Gasteiger partial charge in [0.05, 0.1) is 11.6 Å². The standard InChI is InChI=1S/C24H19ClN4O3/c25-20-11-17(15-3-5-16(6-4-15)24(27)31)9-18-10-19(32-23(18)20)13-29-22(30)8-2-14-1-7-21(26)28-12-14/h1-12H,13H2,(H2,26,28)(H2,27,31)(H,29,30)/b8-2+. The molecule has 0 spiro atoms. The number of nitrogens with zero attached hydrogens (tertiary/aromatic N) is 1. The maximum atomic E-state index is 12.1. The zero-order chi connectivity index (χ0) is 22.7. The number of pyridine rings is 1. The quantitative estimate of drug-likeness (QED) is 0.383. The number of carbonyl (C=O) groups excluding carboxylic acids is 2. The van der Waals surface area contributed by atoms with E-state index in [0.29, 0.717) is 27.7 Å². The van der Waals surface area contributed by atoms with Gasteiger partial charge >= 0.3 is 0 Å². The molecule has 4 rings (SSSR count). The molecular weight excluding hydrogens is 428 g/mol. The summed E-state index contributed by atoms with van der Waals surface area (Å²) in [6.07, 6.45) is 4.64. The van der Waals surface area contributed by atoms with Crippen molar-refractivity contribution < 1.29 is 14.0 Å². The number of nitrogens with two attached hydrogens (primary N) is 2. The van der Waals surface area contributed by atoms with Gasteiger partial charge in [0.1, 0.15) is 11.6 Å². The Morgan fingerprint density at radius 2 is 1.84 bits per heavy atom. The average Bonchev–Trinajstić information content (AvgIpc) is 3.21. The first-order valence-electron chi connectivity index (χ1n) is 9.69. The molecule has 2 amide bonds. The van der Waals surface area contributed by atoms with Gasteiger partial charge in [-0.05, 0) is 65.2 Å². The Bertz CT molecular complexity index is 1330. The Kier molecular flexibility index (Phi) is 5.91. The van der Waals surface area contributed by atoms with E-state index < -0.39 is 5.91 Å². The van der Waals surface area contributed by atoms with Crippen LogP contribution in [0, 0.1) is 0 Å². The molecule has 0 aliphatic heterocycles. The molecule has 5 N–H and O–H groups in total. The number of nitrogen functional groups attached to an aromatic ring is 1. The van der Waals surface area contributed by atoms with E-state index >= 15 is 0 Å². The van der Waals surface area contributed by atoms with Crippen LogP contribution in [-0.4, -0.2) is 16.8 Å². The lowest BCUT2D eigenvalue weighted by Crippen LogP contribution is -2.19. The number of nitrogens with one attached hydrogen (secondary N) is 1. The number of amides is 2. The molecular formula is C24H19ClN4O3. The van der Waals surface area contributed by atoms with Crippen molar-refractivity contribution in [2.45, 2.75) is 6.54 Å². The van der Waals surface area contributed by atoms with Crippen LogP contribution >= 0.6 is 11.6 Å². The monoisotopic (exact) mass is 446 g/mol. The number of carbonyl (C=O) groups is 2. The predicted octanol–water partition coefficient (Wildman–Crippen LogP) is 4.16. The predicted molar refractivity (Wildman–Crippen MR) is 125 cm³/mol. The van der Waals surface area contributed by atoms with Crippen LogP contribution in [0.3, 0.4) is 0 Å². The van der Waals surface area contributed by atoms with Crippen molar-refractivity contribution in [3.8, 4) is 11.1 Å². The van der Waals surface area contributed by atoms with E-state index in [1.165, 1.54) is 6.08 Å². The summed E-state index contributed by atoms with van der Waals surface area (Å²) in [6, 6.07) is 15.9. The molecule has 0 saturated heterocycles. The Labute approximate surface area is 188 Å².